The van der Waals surface area contributed by atoms with Crippen LogP contribution in [0, 0.1) is 5.92 Å². The summed E-state index contributed by atoms with van der Waals surface area (Å²) >= 11 is 0. The number of likely N-dealkylation sites (tertiary alicyclic amines) is 1. The van der Waals surface area contributed by atoms with Gasteiger partial charge in [0.1, 0.15) is 0 Å². The Morgan fingerprint density at radius 2 is 2.18 bits per heavy atom. The fourth-order valence-corrected chi connectivity index (χ4v) is 3.15. The average molecular weight is 304 g/mol. The largest absolute Gasteiger partial charge is 0.454 e. The van der Waals surface area contributed by atoms with Crippen LogP contribution in [0.25, 0.3) is 0 Å². The summed E-state index contributed by atoms with van der Waals surface area (Å²) in [6, 6.07) is 5.95. The summed E-state index contributed by atoms with van der Waals surface area (Å²) < 4.78 is 10.7. The second kappa shape index (κ2) is 6.57. The molecule has 3 rings (SSSR count). The van der Waals surface area contributed by atoms with Gasteiger partial charge >= 0.3 is 0 Å². The lowest BCUT2D eigenvalue weighted by atomic mass is 10.0. The van der Waals surface area contributed by atoms with Crippen LogP contribution >= 0.6 is 0 Å². The van der Waals surface area contributed by atoms with Gasteiger partial charge in [-0.3, -0.25) is 9.69 Å². The maximum absolute atomic E-state index is 12.4. The molecule has 0 N–H and O–H groups in total. The van der Waals surface area contributed by atoms with Gasteiger partial charge in [0.05, 0.1) is 6.54 Å². The second-order valence-corrected chi connectivity index (χ2v) is 6.45. The number of nitrogens with zero attached hydrogens (tertiary/aromatic N) is 2. The number of hydrogen-bond acceptors (Lipinski definition) is 4. The molecule has 0 radical (unpaired) electrons. The Kier molecular flexibility index (Phi) is 4.52. The van der Waals surface area contributed by atoms with Crippen molar-refractivity contribution in [3.05, 3.63) is 23.8 Å². The van der Waals surface area contributed by atoms with Crippen LogP contribution in [-0.4, -0.2) is 49.2 Å². The van der Waals surface area contributed by atoms with E-state index in [2.05, 4.69) is 11.8 Å². The van der Waals surface area contributed by atoms with Gasteiger partial charge in [-0.15, -0.1) is 0 Å². The molecule has 0 aromatic heterocycles. The summed E-state index contributed by atoms with van der Waals surface area (Å²) in [4.78, 5) is 16.4. The predicted octanol–water partition coefficient (Wildman–Crippen LogP) is 2.11. The molecule has 2 aliphatic rings. The van der Waals surface area contributed by atoms with Gasteiger partial charge in [-0.2, -0.15) is 0 Å². The molecule has 5 heteroatoms. The van der Waals surface area contributed by atoms with Crippen molar-refractivity contribution in [3.63, 3.8) is 0 Å². The van der Waals surface area contributed by atoms with E-state index in [9.17, 15) is 4.79 Å². The minimum absolute atomic E-state index is 0.231. The molecule has 2 heterocycles. The Morgan fingerprint density at radius 3 is 3.00 bits per heavy atom. The number of benzene rings is 1. The Bertz CT molecular complexity index is 547. The van der Waals surface area contributed by atoms with Crippen LogP contribution in [0.15, 0.2) is 18.2 Å². The van der Waals surface area contributed by atoms with Gasteiger partial charge in [-0.05, 0) is 43.5 Å². The molecule has 5 nitrogen and oxygen atoms in total. The lowest BCUT2D eigenvalue weighted by Crippen LogP contribution is -2.43. The highest BCUT2D eigenvalue weighted by Gasteiger charge is 2.22. The van der Waals surface area contributed by atoms with Gasteiger partial charge < -0.3 is 14.4 Å². The van der Waals surface area contributed by atoms with Gasteiger partial charge in [0.2, 0.25) is 12.7 Å². The fraction of sp³-hybridized carbons (Fsp3) is 0.588. The average Bonchev–Trinajstić information content (AvgIpc) is 2.94. The standard InChI is InChI=1S/C17H24N2O3/c1-13-4-3-7-19(9-13)17(20)11-18(2)10-14-5-6-15-16(8-14)22-12-21-15/h5-6,8,13H,3-4,7,9-12H2,1-2H3. The number of carbonyl (C=O) groups excluding carboxylic acids is 1. The lowest BCUT2D eigenvalue weighted by Gasteiger charge is -2.32. The van der Waals surface area contributed by atoms with Crippen LogP contribution < -0.4 is 9.47 Å². The van der Waals surface area contributed by atoms with Crippen molar-refractivity contribution in [1.29, 1.82) is 0 Å². The number of carbonyl (C=O) groups is 1. The first-order chi connectivity index (χ1) is 10.6. The Morgan fingerprint density at radius 1 is 1.36 bits per heavy atom. The summed E-state index contributed by atoms with van der Waals surface area (Å²) in [7, 11) is 1.98. The lowest BCUT2D eigenvalue weighted by molar-refractivity contribution is -0.133. The summed E-state index contributed by atoms with van der Waals surface area (Å²) in [5.41, 5.74) is 1.13. The summed E-state index contributed by atoms with van der Waals surface area (Å²) in [6.07, 6.45) is 2.36. The summed E-state index contributed by atoms with van der Waals surface area (Å²) in [5, 5.41) is 0. The van der Waals surface area contributed by atoms with Crippen LogP contribution in [0.3, 0.4) is 0 Å². The van der Waals surface area contributed by atoms with Crippen molar-refractivity contribution in [1.82, 2.24) is 9.80 Å². The van der Waals surface area contributed by atoms with Gasteiger partial charge in [0.15, 0.2) is 11.5 Å². The van der Waals surface area contributed by atoms with E-state index in [4.69, 9.17) is 9.47 Å². The number of fused-ring (bicyclic) bond motifs is 1. The maximum atomic E-state index is 12.4. The van der Waals surface area contributed by atoms with Crippen LogP contribution in [0.1, 0.15) is 25.3 Å². The van der Waals surface area contributed by atoms with E-state index in [0.717, 1.165) is 43.1 Å². The number of amides is 1. The molecule has 22 heavy (non-hydrogen) atoms. The van der Waals surface area contributed by atoms with Crippen molar-refractivity contribution in [2.24, 2.45) is 5.92 Å². The zero-order valence-corrected chi connectivity index (χ0v) is 13.4. The van der Waals surface area contributed by atoms with Crippen molar-refractivity contribution in [2.45, 2.75) is 26.3 Å². The molecule has 0 saturated carbocycles. The smallest absolute Gasteiger partial charge is 0.236 e. The molecule has 0 aliphatic carbocycles. The van der Waals surface area contributed by atoms with E-state index < -0.39 is 0 Å². The molecule has 2 aliphatic heterocycles. The quantitative estimate of drug-likeness (QED) is 0.854. The summed E-state index contributed by atoms with van der Waals surface area (Å²) in [5.74, 6) is 2.44. The first-order valence-corrected chi connectivity index (χ1v) is 7.96. The molecular formula is C17H24N2O3. The molecule has 1 fully saturated rings. The first-order valence-electron chi connectivity index (χ1n) is 7.96. The maximum Gasteiger partial charge on any atom is 0.236 e. The Labute approximate surface area is 131 Å². The number of piperidine rings is 1. The minimum atomic E-state index is 0.231. The zero-order valence-electron chi connectivity index (χ0n) is 13.4. The molecule has 1 unspecified atom stereocenters. The summed E-state index contributed by atoms with van der Waals surface area (Å²) in [6.45, 7) is 5.50. The second-order valence-electron chi connectivity index (χ2n) is 6.45. The van der Waals surface area contributed by atoms with Crippen LogP contribution in [-0.2, 0) is 11.3 Å². The molecule has 1 amide bonds. The van der Waals surface area contributed by atoms with Gasteiger partial charge in [0.25, 0.3) is 0 Å². The van der Waals surface area contributed by atoms with Crippen molar-refractivity contribution in [3.8, 4) is 11.5 Å². The molecular weight excluding hydrogens is 280 g/mol. The molecule has 120 valence electrons. The van der Waals surface area contributed by atoms with E-state index in [1.165, 1.54) is 6.42 Å². The van der Waals surface area contributed by atoms with E-state index in [1.807, 2.05) is 30.1 Å². The highest BCUT2D eigenvalue weighted by Crippen LogP contribution is 2.32. The highest BCUT2D eigenvalue weighted by molar-refractivity contribution is 5.78. The van der Waals surface area contributed by atoms with Gasteiger partial charge in [-0.25, -0.2) is 0 Å². The SMILES string of the molecule is CC1CCCN(C(=O)CN(C)Cc2ccc3c(c2)OCO3)C1. The van der Waals surface area contributed by atoms with Crippen LogP contribution in [0.5, 0.6) is 11.5 Å². The van der Waals surface area contributed by atoms with Crippen LogP contribution in [0.4, 0.5) is 0 Å². The van der Waals surface area contributed by atoms with E-state index in [0.29, 0.717) is 19.3 Å². The fourth-order valence-electron chi connectivity index (χ4n) is 3.15. The monoisotopic (exact) mass is 304 g/mol. The van der Waals surface area contributed by atoms with E-state index in [1.54, 1.807) is 0 Å². The van der Waals surface area contributed by atoms with Crippen molar-refractivity contribution in [2.75, 3.05) is 33.5 Å². The number of likely N-dealkylation sites (N-methyl/N-ethyl adjacent to an activating group) is 1. The van der Waals surface area contributed by atoms with E-state index in [-0.39, 0.29) is 5.91 Å². The molecule has 1 aromatic rings. The minimum Gasteiger partial charge on any atom is -0.454 e. The number of rotatable bonds is 4. The number of ether oxygens (including phenoxy) is 2. The number of hydrogen-bond donors (Lipinski definition) is 0. The predicted molar refractivity (Wildman–Crippen MR) is 83.9 cm³/mol. The molecule has 1 aromatic carbocycles. The third-order valence-corrected chi connectivity index (χ3v) is 4.30. The third kappa shape index (κ3) is 3.53. The third-order valence-electron chi connectivity index (χ3n) is 4.30. The van der Waals surface area contributed by atoms with Gasteiger partial charge in [0, 0.05) is 19.6 Å². The molecule has 1 saturated heterocycles. The Balaban J connectivity index is 1.53. The molecule has 1 atom stereocenters. The Hall–Kier alpha value is -1.75. The van der Waals surface area contributed by atoms with Gasteiger partial charge in [-0.1, -0.05) is 13.0 Å². The normalized spacial score (nSPS) is 20.5. The topological polar surface area (TPSA) is 42.0 Å². The highest BCUT2D eigenvalue weighted by atomic mass is 16.7. The molecule has 0 bridgehead atoms. The van der Waals surface area contributed by atoms with Crippen molar-refractivity contribution >= 4 is 5.91 Å². The van der Waals surface area contributed by atoms with Crippen LogP contribution in [0.2, 0.25) is 0 Å². The van der Waals surface area contributed by atoms with Crippen molar-refractivity contribution < 1.29 is 14.3 Å². The molecule has 0 spiro atoms. The first kappa shape index (κ1) is 15.2. The zero-order chi connectivity index (χ0) is 15.5. The van der Waals surface area contributed by atoms with E-state index >= 15 is 0 Å².